The highest BCUT2D eigenvalue weighted by molar-refractivity contribution is 5.94. The van der Waals surface area contributed by atoms with Crippen molar-refractivity contribution in [1.29, 1.82) is 0 Å². The summed E-state index contributed by atoms with van der Waals surface area (Å²) in [5.41, 5.74) is -0.270. The quantitative estimate of drug-likeness (QED) is 0.890. The molecule has 0 unspecified atom stereocenters. The maximum absolute atomic E-state index is 13.5. The molecule has 0 bridgehead atoms. The highest BCUT2D eigenvalue weighted by atomic mass is 19.1. The van der Waals surface area contributed by atoms with Gasteiger partial charge in [-0.15, -0.1) is 0 Å². The molecule has 1 saturated heterocycles. The Hall–Kier alpha value is -3.16. The molecule has 1 fully saturated rings. The summed E-state index contributed by atoms with van der Waals surface area (Å²) >= 11 is 0. The van der Waals surface area contributed by atoms with E-state index in [1.807, 2.05) is 0 Å². The maximum Gasteiger partial charge on any atom is 0.290 e. The van der Waals surface area contributed by atoms with Crippen LogP contribution in [0.5, 0.6) is 5.75 Å². The first-order valence-corrected chi connectivity index (χ1v) is 7.59. The molecule has 1 aromatic carbocycles. The van der Waals surface area contributed by atoms with Crippen LogP contribution in [0.3, 0.4) is 0 Å². The van der Waals surface area contributed by atoms with Crippen LogP contribution in [-0.4, -0.2) is 36.3 Å². The molecule has 130 valence electrons. The van der Waals surface area contributed by atoms with Gasteiger partial charge in [-0.25, -0.2) is 4.39 Å². The van der Waals surface area contributed by atoms with Gasteiger partial charge in [-0.2, -0.15) is 0 Å². The van der Waals surface area contributed by atoms with Crippen LogP contribution in [0.1, 0.15) is 16.1 Å². The molecule has 0 radical (unpaired) electrons. The van der Waals surface area contributed by atoms with Crippen molar-refractivity contribution in [3.63, 3.8) is 0 Å². The zero-order valence-corrected chi connectivity index (χ0v) is 13.2. The predicted molar refractivity (Wildman–Crippen MR) is 84.6 cm³/mol. The lowest BCUT2D eigenvalue weighted by Crippen LogP contribution is -2.50. The lowest BCUT2D eigenvalue weighted by atomic mass is 10.2. The number of ether oxygens (including phenoxy) is 1. The fourth-order valence-electron chi connectivity index (χ4n) is 2.36. The van der Waals surface area contributed by atoms with E-state index in [-0.39, 0.29) is 30.6 Å². The van der Waals surface area contributed by atoms with E-state index in [0.717, 1.165) is 12.3 Å². The highest BCUT2D eigenvalue weighted by Crippen LogP contribution is 2.13. The van der Waals surface area contributed by atoms with Crippen LogP contribution < -0.4 is 15.5 Å². The van der Waals surface area contributed by atoms with Crippen molar-refractivity contribution in [2.24, 2.45) is 0 Å². The molecule has 2 heterocycles. The second-order valence-electron chi connectivity index (χ2n) is 5.43. The van der Waals surface area contributed by atoms with Crippen LogP contribution in [-0.2, 0) is 11.4 Å². The fraction of sp³-hybridized carbons (Fsp3) is 0.235. The normalized spacial score (nSPS) is 14.1. The van der Waals surface area contributed by atoms with Gasteiger partial charge < -0.3 is 19.4 Å². The van der Waals surface area contributed by atoms with Gasteiger partial charge in [0.2, 0.25) is 17.1 Å². The van der Waals surface area contributed by atoms with Gasteiger partial charge in [0.15, 0.2) is 5.76 Å². The number of hydrogen-bond donors (Lipinski definition) is 1. The van der Waals surface area contributed by atoms with Crippen molar-refractivity contribution in [3.8, 4) is 5.75 Å². The molecule has 0 aliphatic carbocycles. The SMILES string of the molecule is O=C1CN(C(=O)c2cc(=O)c(OCc3ccccc3F)co2)CCN1. The van der Waals surface area contributed by atoms with Crippen LogP contribution >= 0.6 is 0 Å². The number of carbonyl (C=O) groups excluding carboxylic acids is 2. The fourth-order valence-corrected chi connectivity index (χ4v) is 2.36. The summed E-state index contributed by atoms with van der Waals surface area (Å²) in [6.07, 6.45) is 1.01. The number of nitrogens with zero attached hydrogens (tertiary/aromatic N) is 1. The molecule has 1 N–H and O–H groups in total. The molecular weight excluding hydrogens is 331 g/mol. The smallest absolute Gasteiger partial charge is 0.290 e. The van der Waals surface area contributed by atoms with E-state index in [1.165, 1.54) is 17.0 Å². The summed E-state index contributed by atoms with van der Waals surface area (Å²) in [6, 6.07) is 7.04. The zero-order valence-electron chi connectivity index (χ0n) is 13.2. The summed E-state index contributed by atoms with van der Waals surface area (Å²) in [7, 11) is 0. The molecule has 0 atom stereocenters. The molecule has 1 aromatic heterocycles. The van der Waals surface area contributed by atoms with Crippen LogP contribution in [0.4, 0.5) is 4.39 Å². The Bertz CT molecular complexity index is 864. The molecule has 0 spiro atoms. The van der Waals surface area contributed by atoms with E-state index in [1.54, 1.807) is 12.1 Å². The Morgan fingerprint density at radius 2 is 2.12 bits per heavy atom. The van der Waals surface area contributed by atoms with Crippen LogP contribution in [0.2, 0.25) is 0 Å². The standard InChI is InChI=1S/C17H15FN2O5/c18-12-4-2-1-3-11(12)9-24-15-10-25-14(7-13(15)21)17(23)20-6-5-19-16(22)8-20/h1-4,7,10H,5-6,8-9H2,(H,19,22). The van der Waals surface area contributed by atoms with Gasteiger partial charge in [0.1, 0.15) is 25.2 Å². The molecule has 7 nitrogen and oxygen atoms in total. The molecule has 1 aliphatic rings. The van der Waals surface area contributed by atoms with E-state index in [9.17, 15) is 18.8 Å². The molecule has 2 aromatic rings. The van der Waals surface area contributed by atoms with Gasteiger partial charge in [-0.1, -0.05) is 18.2 Å². The lowest BCUT2D eigenvalue weighted by molar-refractivity contribution is -0.123. The second kappa shape index (κ2) is 7.16. The van der Waals surface area contributed by atoms with Crippen molar-refractivity contribution in [1.82, 2.24) is 10.2 Å². The van der Waals surface area contributed by atoms with Gasteiger partial charge in [0, 0.05) is 24.7 Å². The maximum atomic E-state index is 13.5. The number of nitrogens with one attached hydrogen (secondary N) is 1. The van der Waals surface area contributed by atoms with Gasteiger partial charge >= 0.3 is 0 Å². The first-order valence-electron chi connectivity index (χ1n) is 7.59. The summed E-state index contributed by atoms with van der Waals surface area (Å²) in [4.78, 5) is 36.9. The van der Waals surface area contributed by atoms with E-state index in [4.69, 9.17) is 9.15 Å². The number of benzene rings is 1. The average Bonchev–Trinajstić information content (AvgIpc) is 2.61. The third-order valence-electron chi connectivity index (χ3n) is 3.68. The van der Waals surface area contributed by atoms with E-state index in [0.29, 0.717) is 18.7 Å². The number of hydrogen-bond acceptors (Lipinski definition) is 5. The minimum absolute atomic E-state index is 0.0892. The van der Waals surface area contributed by atoms with Crippen molar-refractivity contribution >= 4 is 11.8 Å². The van der Waals surface area contributed by atoms with Gasteiger partial charge in [-0.3, -0.25) is 14.4 Å². The first-order chi connectivity index (χ1) is 12.0. The summed E-state index contributed by atoms with van der Waals surface area (Å²) in [5.74, 6) is -1.57. The van der Waals surface area contributed by atoms with Crippen LogP contribution in [0.25, 0.3) is 0 Å². The zero-order chi connectivity index (χ0) is 17.8. The molecule has 0 saturated carbocycles. The summed E-state index contributed by atoms with van der Waals surface area (Å²) in [6.45, 7) is 0.448. The van der Waals surface area contributed by atoms with Gasteiger partial charge in [0.05, 0.1) is 0 Å². The monoisotopic (exact) mass is 346 g/mol. The van der Waals surface area contributed by atoms with Crippen molar-refractivity contribution < 1.29 is 23.1 Å². The Kier molecular flexibility index (Phi) is 4.78. The number of carbonyl (C=O) groups is 2. The third kappa shape index (κ3) is 3.85. The largest absolute Gasteiger partial charge is 0.482 e. The Morgan fingerprint density at radius 1 is 1.32 bits per heavy atom. The minimum atomic E-state index is -0.563. The van der Waals surface area contributed by atoms with Crippen molar-refractivity contribution in [2.45, 2.75) is 6.61 Å². The molecular formula is C17H15FN2O5. The second-order valence-corrected chi connectivity index (χ2v) is 5.43. The molecule has 8 heteroatoms. The first kappa shape index (κ1) is 16.7. The number of halogens is 1. The minimum Gasteiger partial charge on any atom is -0.482 e. The summed E-state index contributed by atoms with van der Waals surface area (Å²) in [5, 5.41) is 2.60. The van der Waals surface area contributed by atoms with Crippen molar-refractivity contribution in [2.75, 3.05) is 19.6 Å². The van der Waals surface area contributed by atoms with E-state index in [2.05, 4.69) is 5.32 Å². The van der Waals surface area contributed by atoms with Crippen LogP contribution in [0.15, 0.2) is 45.8 Å². The number of amides is 2. The molecule has 1 aliphatic heterocycles. The predicted octanol–water partition coefficient (Wildman–Crippen LogP) is 0.930. The molecule has 3 rings (SSSR count). The van der Waals surface area contributed by atoms with Crippen molar-refractivity contribution in [3.05, 3.63) is 64.0 Å². The summed E-state index contributed by atoms with van der Waals surface area (Å²) < 4.78 is 24.0. The Morgan fingerprint density at radius 3 is 2.84 bits per heavy atom. The topological polar surface area (TPSA) is 88.9 Å². The highest BCUT2D eigenvalue weighted by Gasteiger charge is 2.24. The Balaban J connectivity index is 1.70. The molecule has 2 amide bonds. The number of piperazine rings is 1. The van der Waals surface area contributed by atoms with E-state index >= 15 is 0 Å². The third-order valence-corrected chi connectivity index (χ3v) is 3.68. The molecule has 25 heavy (non-hydrogen) atoms. The van der Waals surface area contributed by atoms with Crippen LogP contribution in [0, 0.1) is 5.82 Å². The van der Waals surface area contributed by atoms with Gasteiger partial charge in [0.25, 0.3) is 5.91 Å². The number of rotatable bonds is 4. The average molecular weight is 346 g/mol. The lowest BCUT2D eigenvalue weighted by Gasteiger charge is -2.25. The van der Waals surface area contributed by atoms with Gasteiger partial charge in [-0.05, 0) is 6.07 Å². The van der Waals surface area contributed by atoms with E-state index < -0.39 is 17.2 Å². The Labute approximate surface area is 142 Å².